The number of anilines is 1. The van der Waals surface area contributed by atoms with Gasteiger partial charge >= 0.3 is 0 Å². The SMILES string of the molecule is CCCNc1ccnc(C(=O)NC(C)C(C)CC)c1. The molecule has 1 aromatic rings. The monoisotopic (exact) mass is 263 g/mol. The van der Waals surface area contributed by atoms with E-state index in [4.69, 9.17) is 0 Å². The average Bonchev–Trinajstić information content (AvgIpc) is 2.44. The van der Waals surface area contributed by atoms with Crippen LogP contribution in [0.4, 0.5) is 5.69 Å². The summed E-state index contributed by atoms with van der Waals surface area (Å²) in [4.78, 5) is 16.2. The summed E-state index contributed by atoms with van der Waals surface area (Å²) in [6, 6.07) is 3.84. The normalized spacial score (nSPS) is 13.7. The first-order valence-electron chi connectivity index (χ1n) is 7.09. The smallest absolute Gasteiger partial charge is 0.270 e. The Bertz CT molecular complexity index is 406. The highest BCUT2D eigenvalue weighted by Crippen LogP contribution is 2.10. The lowest BCUT2D eigenvalue weighted by atomic mass is 10.0. The third-order valence-electron chi connectivity index (χ3n) is 3.43. The van der Waals surface area contributed by atoms with Crippen molar-refractivity contribution in [2.75, 3.05) is 11.9 Å². The van der Waals surface area contributed by atoms with Crippen LogP contribution in [0, 0.1) is 5.92 Å². The Morgan fingerprint density at radius 1 is 1.37 bits per heavy atom. The third-order valence-corrected chi connectivity index (χ3v) is 3.43. The number of rotatable bonds is 7. The molecule has 19 heavy (non-hydrogen) atoms. The number of nitrogens with zero attached hydrogens (tertiary/aromatic N) is 1. The quantitative estimate of drug-likeness (QED) is 0.795. The number of hydrogen-bond donors (Lipinski definition) is 2. The molecule has 1 aromatic heterocycles. The molecule has 2 N–H and O–H groups in total. The Labute approximate surface area is 116 Å². The van der Waals surface area contributed by atoms with Gasteiger partial charge in [-0.1, -0.05) is 27.2 Å². The number of hydrogen-bond acceptors (Lipinski definition) is 3. The zero-order chi connectivity index (χ0) is 14.3. The molecule has 2 unspecified atom stereocenters. The number of carbonyl (C=O) groups is 1. The molecule has 0 aliphatic heterocycles. The van der Waals surface area contributed by atoms with E-state index < -0.39 is 0 Å². The molecule has 1 amide bonds. The van der Waals surface area contributed by atoms with Crippen molar-refractivity contribution in [3.63, 3.8) is 0 Å². The van der Waals surface area contributed by atoms with Gasteiger partial charge in [0.05, 0.1) is 0 Å². The van der Waals surface area contributed by atoms with Gasteiger partial charge in [-0.3, -0.25) is 9.78 Å². The molecule has 0 radical (unpaired) electrons. The fourth-order valence-corrected chi connectivity index (χ4v) is 1.71. The zero-order valence-corrected chi connectivity index (χ0v) is 12.4. The van der Waals surface area contributed by atoms with Gasteiger partial charge in [-0.25, -0.2) is 0 Å². The Hall–Kier alpha value is -1.58. The lowest BCUT2D eigenvalue weighted by Crippen LogP contribution is -2.37. The third kappa shape index (κ3) is 4.89. The van der Waals surface area contributed by atoms with Crippen LogP contribution in [-0.4, -0.2) is 23.5 Å². The Morgan fingerprint density at radius 3 is 2.74 bits per heavy atom. The van der Waals surface area contributed by atoms with Crippen LogP contribution >= 0.6 is 0 Å². The molecule has 1 heterocycles. The van der Waals surface area contributed by atoms with E-state index in [1.54, 1.807) is 12.3 Å². The minimum atomic E-state index is -0.104. The summed E-state index contributed by atoms with van der Waals surface area (Å²) in [6.07, 6.45) is 3.77. The fraction of sp³-hybridized carbons (Fsp3) is 0.600. The van der Waals surface area contributed by atoms with E-state index in [1.807, 2.05) is 13.0 Å². The van der Waals surface area contributed by atoms with E-state index in [0.29, 0.717) is 11.6 Å². The van der Waals surface area contributed by atoms with Gasteiger partial charge in [0.15, 0.2) is 0 Å². The van der Waals surface area contributed by atoms with E-state index in [0.717, 1.165) is 25.1 Å². The maximum Gasteiger partial charge on any atom is 0.270 e. The molecule has 106 valence electrons. The van der Waals surface area contributed by atoms with Crippen molar-refractivity contribution in [1.29, 1.82) is 0 Å². The molecule has 4 nitrogen and oxygen atoms in total. The van der Waals surface area contributed by atoms with E-state index in [2.05, 4.69) is 36.4 Å². The van der Waals surface area contributed by atoms with Crippen LogP contribution in [0.1, 0.15) is 51.0 Å². The largest absolute Gasteiger partial charge is 0.385 e. The van der Waals surface area contributed by atoms with E-state index in [-0.39, 0.29) is 11.9 Å². The van der Waals surface area contributed by atoms with Crippen molar-refractivity contribution in [1.82, 2.24) is 10.3 Å². The van der Waals surface area contributed by atoms with Crippen molar-refractivity contribution in [2.24, 2.45) is 5.92 Å². The molecule has 0 aliphatic rings. The summed E-state index contributed by atoms with van der Waals surface area (Å²) in [6.45, 7) is 9.30. The molecular weight excluding hydrogens is 238 g/mol. The van der Waals surface area contributed by atoms with Gasteiger partial charge in [-0.15, -0.1) is 0 Å². The molecule has 0 fully saturated rings. The number of nitrogens with one attached hydrogen (secondary N) is 2. The maximum absolute atomic E-state index is 12.1. The predicted molar refractivity (Wildman–Crippen MR) is 79.4 cm³/mol. The summed E-state index contributed by atoms with van der Waals surface area (Å²) in [7, 11) is 0. The van der Waals surface area contributed by atoms with Gasteiger partial charge < -0.3 is 10.6 Å². The van der Waals surface area contributed by atoms with Gasteiger partial charge in [0.1, 0.15) is 5.69 Å². The molecule has 1 rings (SSSR count). The molecule has 2 atom stereocenters. The molecular formula is C15H25N3O. The van der Waals surface area contributed by atoms with Crippen LogP contribution in [0.3, 0.4) is 0 Å². The van der Waals surface area contributed by atoms with Gasteiger partial charge in [-0.05, 0) is 31.4 Å². The summed E-state index contributed by atoms with van der Waals surface area (Å²) >= 11 is 0. The molecule has 4 heteroatoms. The number of amides is 1. The molecule has 0 aromatic carbocycles. The average molecular weight is 263 g/mol. The lowest BCUT2D eigenvalue weighted by Gasteiger charge is -2.19. The van der Waals surface area contributed by atoms with Crippen LogP contribution < -0.4 is 10.6 Å². The molecule has 0 spiro atoms. The van der Waals surface area contributed by atoms with Crippen LogP contribution in [0.2, 0.25) is 0 Å². The van der Waals surface area contributed by atoms with Gasteiger partial charge in [0.25, 0.3) is 5.91 Å². The summed E-state index contributed by atoms with van der Waals surface area (Å²) in [5, 5.41) is 6.26. The lowest BCUT2D eigenvalue weighted by molar-refractivity contribution is 0.0923. The molecule has 0 bridgehead atoms. The second kappa shape index (κ2) is 7.77. The summed E-state index contributed by atoms with van der Waals surface area (Å²) in [5.74, 6) is 0.360. The highest BCUT2D eigenvalue weighted by Gasteiger charge is 2.15. The molecule has 0 saturated carbocycles. The van der Waals surface area contributed by atoms with E-state index in [9.17, 15) is 4.79 Å². The van der Waals surface area contributed by atoms with Crippen molar-refractivity contribution in [3.8, 4) is 0 Å². The minimum Gasteiger partial charge on any atom is -0.385 e. The topological polar surface area (TPSA) is 54.0 Å². The first-order chi connectivity index (χ1) is 9.08. The van der Waals surface area contributed by atoms with Crippen molar-refractivity contribution in [3.05, 3.63) is 24.0 Å². The summed E-state index contributed by atoms with van der Waals surface area (Å²) in [5.41, 5.74) is 1.41. The van der Waals surface area contributed by atoms with Crippen molar-refractivity contribution in [2.45, 2.75) is 46.6 Å². The van der Waals surface area contributed by atoms with Crippen molar-refractivity contribution < 1.29 is 4.79 Å². The predicted octanol–water partition coefficient (Wildman–Crippen LogP) is 3.07. The highest BCUT2D eigenvalue weighted by molar-refractivity contribution is 5.93. The Kier molecular flexibility index (Phi) is 6.33. The number of carbonyl (C=O) groups excluding carboxylic acids is 1. The standard InChI is InChI=1S/C15H25N3O/c1-5-8-16-13-7-9-17-14(10-13)15(19)18-12(4)11(3)6-2/h7,9-12H,5-6,8H2,1-4H3,(H,16,17)(H,18,19). The second-order valence-electron chi connectivity index (χ2n) is 5.00. The number of pyridine rings is 1. The molecule has 0 saturated heterocycles. The van der Waals surface area contributed by atoms with Crippen LogP contribution in [0.25, 0.3) is 0 Å². The Morgan fingerprint density at radius 2 is 2.11 bits per heavy atom. The van der Waals surface area contributed by atoms with Gasteiger partial charge in [0.2, 0.25) is 0 Å². The Balaban J connectivity index is 2.66. The highest BCUT2D eigenvalue weighted by atomic mass is 16.1. The summed E-state index contributed by atoms with van der Waals surface area (Å²) < 4.78 is 0. The van der Waals surface area contributed by atoms with E-state index >= 15 is 0 Å². The number of aromatic nitrogens is 1. The van der Waals surface area contributed by atoms with Crippen LogP contribution in [0.5, 0.6) is 0 Å². The van der Waals surface area contributed by atoms with E-state index in [1.165, 1.54) is 0 Å². The van der Waals surface area contributed by atoms with Gasteiger partial charge in [0, 0.05) is 24.5 Å². The van der Waals surface area contributed by atoms with Crippen LogP contribution in [-0.2, 0) is 0 Å². The fourth-order valence-electron chi connectivity index (χ4n) is 1.71. The molecule has 0 aliphatic carbocycles. The first-order valence-corrected chi connectivity index (χ1v) is 7.09. The van der Waals surface area contributed by atoms with Crippen molar-refractivity contribution >= 4 is 11.6 Å². The first kappa shape index (κ1) is 15.5. The zero-order valence-electron chi connectivity index (χ0n) is 12.4. The van der Waals surface area contributed by atoms with Gasteiger partial charge in [-0.2, -0.15) is 0 Å². The minimum absolute atomic E-state index is 0.104. The maximum atomic E-state index is 12.1. The second-order valence-corrected chi connectivity index (χ2v) is 5.00. The van der Waals surface area contributed by atoms with Crippen LogP contribution in [0.15, 0.2) is 18.3 Å².